The summed E-state index contributed by atoms with van der Waals surface area (Å²) in [7, 11) is 0. The summed E-state index contributed by atoms with van der Waals surface area (Å²) in [5.41, 5.74) is 2.42. The zero-order chi connectivity index (χ0) is 20.6. The Bertz CT molecular complexity index is 1490. The van der Waals surface area contributed by atoms with Crippen LogP contribution >= 0.6 is 0 Å². The molecule has 146 valence electrons. The van der Waals surface area contributed by atoms with Gasteiger partial charge in [-0.2, -0.15) is 0 Å². The van der Waals surface area contributed by atoms with Crippen molar-refractivity contribution in [3.63, 3.8) is 0 Å². The molecule has 1 nitrogen and oxygen atoms in total. The molecule has 0 radical (unpaired) electrons. The lowest BCUT2D eigenvalue weighted by Crippen LogP contribution is -1.78. The maximum atomic E-state index is 3.38. The number of fused-ring (bicyclic) bond motifs is 6. The van der Waals surface area contributed by atoms with Crippen LogP contribution in [0.15, 0.2) is 121 Å². The maximum Gasteiger partial charge on any atom is 0.0464 e. The minimum absolute atomic E-state index is 1.21. The van der Waals surface area contributed by atoms with E-state index in [4.69, 9.17) is 0 Å². The number of aromatic nitrogens is 1. The molecule has 0 aliphatic heterocycles. The van der Waals surface area contributed by atoms with Gasteiger partial charge in [-0.15, -0.1) is 0 Å². The van der Waals surface area contributed by atoms with E-state index in [0.29, 0.717) is 0 Å². The molecule has 0 aliphatic rings. The summed E-state index contributed by atoms with van der Waals surface area (Å²) in [6.45, 7) is 0. The van der Waals surface area contributed by atoms with Crippen molar-refractivity contribution in [3.8, 4) is 0 Å². The Kier molecular flexibility index (Phi) is 4.18. The van der Waals surface area contributed by atoms with Gasteiger partial charge in [0.05, 0.1) is 0 Å². The second kappa shape index (κ2) is 7.30. The van der Waals surface area contributed by atoms with E-state index in [1.807, 2.05) is 0 Å². The summed E-state index contributed by atoms with van der Waals surface area (Å²) >= 11 is 0. The SMILES string of the molecule is c1ccc2c(c1)[nH]c1ccccc12.c1ccc2cc3cc4ccccc4cc3cc2c1. The molecule has 0 amide bonds. The highest BCUT2D eigenvalue weighted by molar-refractivity contribution is 6.07. The zero-order valence-electron chi connectivity index (χ0n) is 17.0. The molecule has 0 bridgehead atoms. The zero-order valence-corrected chi connectivity index (χ0v) is 17.0. The van der Waals surface area contributed by atoms with Crippen LogP contribution in [0.5, 0.6) is 0 Å². The second-order valence-corrected chi connectivity index (χ2v) is 7.96. The fourth-order valence-electron chi connectivity index (χ4n) is 4.43. The van der Waals surface area contributed by atoms with Gasteiger partial charge in [0, 0.05) is 21.8 Å². The minimum Gasteiger partial charge on any atom is -0.355 e. The lowest BCUT2D eigenvalue weighted by atomic mass is 10.00. The molecule has 1 aromatic heterocycles. The van der Waals surface area contributed by atoms with Crippen molar-refractivity contribution in [2.75, 3.05) is 0 Å². The van der Waals surface area contributed by atoms with Crippen molar-refractivity contribution in [2.45, 2.75) is 0 Å². The third-order valence-electron chi connectivity index (χ3n) is 5.98. The molecule has 7 aromatic rings. The molecule has 0 atom stereocenters. The number of rotatable bonds is 0. The first kappa shape index (κ1) is 17.7. The van der Waals surface area contributed by atoms with Crippen molar-refractivity contribution in [2.24, 2.45) is 0 Å². The van der Waals surface area contributed by atoms with E-state index in [1.165, 1.54) is 54.1 Å². The highest BCUT2D eigenvalue weighted by atomic mass is 14.7. The van der Waals surface area contributed by atoms with Gasteiger partial charge >= 0.3 is 0 Å². The summed E-state index contributed by atoms with van der Waals surface area (Å²) in [6.07, 6.45) is 0. The number of benzene rings is 6. The molecule has 0 fully saturated rings. The van der Waals surface area contributed by atoms with Crippen molar-refractivity contribution >= 4 is 54.1 Å². The normalized spacial score (nSPS) is 11.2. The number of hydrogen-bond acceptors (Lipinski definition) is 0. The van der Waals surface area contributed by atoms with E-state index in [0.717, 1.165) is 0 Å². The van der Waals surface area contributed by atoms with E-state index >= 15 is 0 Å². The number of nitrogens with one attached hydrogen (secondary N) is 1. The molecule has 0 aliphatic carbocycles. The van der Waals surface area contributed by atoms with Gasteiger partial charge in [0.15, 0.2) is 0 Å². The molecule has 31 heavy (non-hydrogen) atoms. The van der Waals surface area contributed by atoms with E-state index in [2.05, 4.69) is 126 Å². The maximum absolute atomic E-state index is 3.38. The quantitative estimate of drug-likeness (QED) is 0.248. The predicted molar refractivity (Wildman–Crippen MR) is 135 cm³/mol. The van der Waals surface area contributed by atoms with Crippen LogP contribution in [0.4, 0.5) is 0 Å². The van der Waals surface area contributed by atoms with E-state index < -0.39 is 0 Å². The van der Waals surface area contributed by atoms with Crippen LogP contribution in [0, 0.1) is 0 Å². The Morgan fingerprint density at radius 2 is 0.645 bits per heavy atom. The van der Waals surface area contributed by atoms with Crippen LogP contribution < -0.4 is 0 Å². The number of hydrogen-bond donors (Lipinski definition) is 1. The Morgan fingerprint density at radius 3 is 1.03 bits per heavy atom. The van der Waals surface area contributed by atoms with Crippen molar-refractivity contribution < 1.29 is 0 Å². The summed E-state index contributed by atoms with van der Waals surface area (Å²) in [4.78, 5) is 3.38. The topological polar surface area (TPSA) is 15.8 Å². The summed E-state index contributed by atoms with van der Waals surface area (Å²) in [6, 6.07) is 42.9. The standard InChI is InChI=1S/C18H12.C12H9N/c1-2-6-14-10-18-12-16-8-4-3-7-15(16)11-17(18)9-13(14)5-1;1-3-7-11-9(5-1)10-6-2-4-8-12(10)13-11/h1-12H;1-8,13H. The predicted octanol–water partition coefficient (Wildman–Crippen LogP) is 8.47. The van der Waals surface area contributed by atoms with Crippen molar-refractivity contribution in [1.29, 1.82) is 0 Å². The third-order valence-corrected chi connectivity index (χ3v) is 5.98. The second-order valence-electron chi connectivity index (χ2n) is 7.96. The fraction of sp³-hybridized carbons (Fsp3) is 0. The van der Waals surface area contributed by atoms with E-state index in [9.17, 15) is 0 Å². The first-order valence-corrected chi connectivity index (χ1v) is 10.6. The van der Waals surface area contributed by atoms with Crippen LogP contribution in [-0.4, -0.2) is 4.98 Å². The Balaban J connectivity index is 0.000000126. The largest absolute Gasteiger partial charge is 0.355 e. The van der Waals surface area contributed by atoms with Gasteiger partial charge in [-0.3, -0.25) is 0 Å². The molecule has 0 saturated carbocycles. The highest BCUT2D eigenvalue weighted by Gasteiger charge is 2.01. The minimum atomic E-state index is 1.21. The van der Waals surface area contributed by atoms with E-state index in [-0.39, 0.29) is 0 Å². The molecular weight excluding hydrogens is 374 g/mol. The van der Waals surface area contributed by atoms with Crippen LogP contribution in [0.2, 0.25) is 0 Å². The van der Waals surface area contributed by atoms with Gasteiger partial charge in [-0.25, -0.2) is 0 Å². The molecule has 1 heteroatoms. The first-order chi connectivity index (χ1) is 15.3. The molecule has 1 N–H and O–H groups in total. The average Bonchev–Trinajstić information content (AvgIpc) is 3.20. The number of para-hydroxylation sites is 2. The summed E-state index contributed by atoms with van der Waals surface area (Å²) in [5.74, 6) is 0. The van der Waals surface area contributed by atoms with Gasteiger partial charge in [0.2, 0.25) is 0 Å². The van der Waals surface area contributed by atoms with Gasteiger partial charge < -0.3 is 4.98 Å². The van der Waals surface area contributed by atoms with Crippen LogP contribution in [-0.2, 0) is 0 Å². The Hall–Kier alpha value is -4.10. The van der Waals surface area contributed by atoms with Crippen LogP contribution in [0.25, 0.3) is 54.1 Å². The molecule has 7 rings (SSSR count). The van der Waals surface area contributed by atoms with E-state index in [1.54, 1.807) is 0 Å². The molecule has 6 aromatic carbocycles. The molecule has 0 spiro atoms. The van der Waals surface area contributed by atoms with Crippen molar-refractivity contribution in [1.82, 2.24) is 4.98 Å². The van der Waals surface area contributed by atoms with Gasteiger partial charge in [0.25, 0.3) is 0 Å². The smallest absolute Gasteiger partial charge is 0.0464 e. The molecular formula is C30H21N. The Labute approximate surface area is 180 Å². The lowest BCUT2D eigenvalue weighted by Gasteiger charge is -2.04. The molecule has 1 heterocycles. The number of H-pyrrole nitrogens is 1. The van der Waals surface area contributed by atoms with Crippen molar-refractivity contribution in [3.05, 3.63) is 121 Å². The molecule has 0 unspecified atom stereocenters. The summed E-state index contributed by atoms with van der Waals surface area (Å²) in [5, 5.41) is 10.5. The van der Waals surface area contributed by atoms with Crippen LogP contribution in [0.3, 0.4) is 0 Å². The first-order valence-electron chi connectivity index (χ1n) is 10.6. The van der Waals surface area contributed by atoms with Gasteiger partial charge in [0.1, 0.15) is 0 Å². The average molecular weight is 396 g/mol. The lowest BCUT2D eigenvalue weighted by molar-refractivity contribution is 1.55. The fourth-order valence-corrected chi connectivity index (χ4v) is 4.43. The monoisotopic (exact) mass is 395 g/mol. The molecule has 0 saturated heterocycles. The highest BCUT2D eigenvalue weighted by Crippen LogP contribution is 2.27. The van der Waals surface area contributed by atoms with Gasteiger partial charge in [-0.1, -0.05) is 84.9 Å². The van der Waals surface area contributed by atoms with Gasteiger partial charge in [-0.05, 0) is 68.7 Å². The van der Waals surface area contributed by atoms with Crippen LogP contribution in [0.1, 0.15) is 0 Å². The number of aromatic amines is 1. The third kappa shape index (κ3) is 3.21. The summed E-state index contributed by atoms with van der Waals surface area (Å²) < 4.78 is 0. The Morgan fingerprint density at radius 1 is 0.323 bits per heavy atom.